The molecule has 0 aliphatic rings. The molecule has 1 aromatic carbocycles. The molecule has 0 amide bonds. The maximum Gasteiger partial charge on any atom is -0.0279 e. The van der Waals surface area contributed by atoms with Gasteiger partial charge in [-0.3, -0.25) is 0 Å². The summed E-state index contributed by atoms with van der Waals surface area (Å²) in [7, 11) is 0. The number of hydrogen-bond donors (Lipinski definition) is 0. The Balaban J connectivity index is 1.89. The van der Waals surface area contributed by atoms with Crippen molar-refractivity contribution in [2.45, 2.75) is 117 Å². The number of unbranched alkanes of at least 4 members (excludes halogenated alkanes) is 12. The van der Waals surface area contributed by atoms with Gasteiger partial charge in [0.25, 0.3) is 0 Å². The van der Waals surface area contributed by atoms with E-state index in [2.05, 4.69) is 38.1 Å². The Morgan fingerprint density at radius 2 is 0.750 bits per heavy atom. The van der Waals surface area contributed by atoms with E-state index in [4.69, 9.17) is 0 Å². The highest BCUT2D eigenvalue weighted by Gasteiger charge is 1.97. The first kappa shape index (κ1) is 21.3. The van der Waals surface area contributed by atoms with Crippen LogP contribution in [0.5, 0.6) is 0 Å². The van der Waals surface area contributed by atoms with Crippen LogP contribution in [0, 0.1) is 0 Å². The van der Waals surface area contributed by atoms with Crippen molar-refractivity contribution in [3.8, 4) is 0 Å². The normalized spacial score (nSPS) is 11.1. The van der Waals surface area contributed by atoms with E-state index in [9.17, 15) is 0 Å². The zero-order valence-electron chi connectivity index (χ0n) is 16.6. The Bertz CT molecular complexity index is 362. The second-order valence-electron chi connectivity index (χ2n) is 7.56. The van der Waals surface area contributed by atoms with Crippen LogP contribution in [-0.2, 0) is 12.8 Å². The zero-order valence-corrected chi connectivity index (χ0v) is 16.6. The minimum absolute atomic E-state index is 1.25. The molecular formula is C24H42. The van der Waals surface area contributed by atoms with Gasteiger partial charge >= 0.3 is 0 Å². The van der Waals surface area contributed by atoms with Gasteiger partial charge in [-0.1, -0.05) is 115 Å². The molecule has 1 aromatic rings. The quantitative estimate of drug-likeness (QED) is 0.267. The Hall–Kier alpha value is -0.780. The highest BCUT2D eigenvalue weighted by Crippen LogP contribution is 2.14. The highest BCUT2D eigenvalue weighted by atomic mass is 14.0. The molecule has 0 fully saturated rings. The molecule has 0 spiro atoms. The molecule has 0 saturated carbocycles. The summed E-state index contributed by atoms with van der Waals surface area (Å²) >= 11 is 0. The van der Waals surface area contributed by atoms with Crippen LogP contribution in [0.25, 0.3) is 0 Å². The molecule has 0 atom stereocenters. The van der Waals surface area contributed by atoms with Gasteiger partial charge in [0.2, 0.25) is 0 Å². The van der Waals surface area contributed by atoms with Crippen molar-refractivity contribution in [3.63, 3.8) is 0 Å². The Labute approximate surface area is 152 Å². The predicted octanol–water partition coefficient (Wildman–Crippen LogP) is 8.27. The summed E-state index contributed by atoms with van der Waals surface area (Å²) in [5, 5.41) is 0. The average molecular weight is 331 g/mol. The second kappa shape index (κ2) is 15.7. The van der Waals surface area contributed by atoms with Crippen molar-refractivity contribution in [1.82, 2.24) is 0 Å². The van der Waals surface area contributed by atoms with Crippen molar-refractivity contribution < 1.29 is 0 Å². The fourth-order valence-electron chi connectivity index (χ4n) is 3.42. The molecule has 24 heavy (non-hydrogen) atoms. The molecule has 0 heteroatoms. The first-order valence-corrected chi connectivity index (χ1v) is 10.9. The lowest BCUT2D eigenvalue weighted by Gasteiger charge is -2.05. The van der Waals surface area contributed by atoms with Crippen LogP contribution in [-0.4, -0.2) is 0 Å². The van der Waals surface area contributed by atoms with Crippen molar-refractivity contribution in [1.29, 1.82) is 0 Å². The maximum atomic E-state index is 2.35. The van der Waals surface area contributed by atoms with Gasteiger partial charge < -0.3 is 0 Å². The van der Waals surface area contributed by atoms with Crippen LogP contribution in [0.4, 0.5) is 0 Å². The second-order valence-corrected chi connectivity index (χ2v) is 7.56. The predicted molar refractivity (Wildman–Crippen MR) is 110 cm³/mol. The standard InChI is InChI=1S/C24H42/c1-3-5-7-8-9-10-11-12-13-14-15-16-18-24-21-19-23(20-22-24)17-6-4-2/h19-22H,3-18H2,1-2H3. The molecular weight excluding hydrogens is 288 g/mol. The molecule has 1 rings (SSSR count). The van der Waals surface area contributed by atoms with E-state index < -0.39 is 0 Å². The van der Waals surface area contributed by atoms with Gasteiger partial charge in [0.1, 0.15) is 0 Å². The molecule has 0 saturated heterocycles. The van der Waals surface area contributed by atoms with Crippen molar-refractivity contribution in [3.05, 3.63) is 35.4 Å². The largest absolute Gasteiger partial charge is 0.0654 e. The Kier molecular flexibility index (Phi) is 13.9. The molecule has 0 nitrogen and oxygen atoms in total. The van der Waals surface area contributed by atoms with Gasteiger partial charge in [-0.25, -0.2) is 0 Å². The summed E-state index contributed by atoms with van der Waals surface area (Å²) in [6.45, 7) is 4.56. The lowest BCUT2D eigenvalue weighted by atomic mass is 10.0. The molecule has 0 N–H and O–H groups in total. The smallest absolute Gasteiger partial charge is 0.0279 e. The monoisotopic (exact) mass is 330 g/mol. The fraction of sp³-hybridized carbons (Fsp3) is 0.750. The third-order valence-corrected chi connectivity index (χ3v) is 5.16. The third kappa shape index (κ3) is 11.7. The van der Waals surface area contributed by atoms with Crippen molar-refractivity contribution >= 4 is 0 Å². The molecule has 138 valence electrons. The highest BCUT2D eigenvalue weighted by molar-refractivity contribution is 5.22. The van der Waals surface area contributed by atoms with E-state index in [1.807, 2.05) is 0 Å². The van der Waals surface area contributed by atoms with E-state index in [0.29, 0.717) is 0 Å². The van der Waals surface area contributed by atoms with E-state index in [1.165, 1.54) is 114 Å². The molecule has 0 unspecified atom stereocenters. The topological polar surface area (TPSA) is 0 Å². The lowest BCUT2D eigenvalue weighted by Crippen LogP contribution is -1.89. The molecule has 0 heterocycles. The van der Waals surface area contributed by atoms with Crippen molar-refractivity contribution in [2.24, 2.45) is 0 Å². The molecule has 0 aromatic heterocycles. The van der Waals surface area contributed by atoms with E-state index in [0.717, 1.165) is 0 Å². The Morgan fingerprint density at radius 1 is 0.417 bits per heavy atom. The summed E-state index contributed by atoms with van der Waals surface area (Å²) in [5.41, 5.74) is 3.04. The Morgan fingerprint density at radius 3 is 1.17 bits per heavy atom. The number of hydrogen-bond acceptors (Lipinski definition) is 0. The first-order chi connectivity index (χ1) is 11.9. The van der Waals surface area contributed by atoms with Crippen molar-refractivity contribution in [2.75, 3.05) is 0 Å². The van der Waals surface area contributed by atoms with E-state index in [-0.39, 0.29) is 0 Å². The van der Waals surface area contributed by atoms with Gasteiger partial charge in [0.15, 0.2) is 0 Å². The fourth-order valence-corrected chi connectivity index (χ4v) is 3.42. The van der Waals surface area contributed by atoms with Crippen LogP contribution in [0.3, 0.4) is 0 Å². The van der Waals surface area contributed by atoms with Crippen LogP contribution in [0.15, 0.2) is 24.3 Å². The summed E-state index contributed by atoms with van der Waals surface area (Å²) in [5.74, 6) is 0. The van der Waals surface area contributed by atoms with Gasteiger partial charge in [-0.15, -0.1) is 0 Å². The third-order valence-electron chi connectivity index (χ3n) is 5.16. The minimum Gasteiger partial charge on any atom is -0.0654 e. The van der Waals surface area contributed by atoms with E-state index >= 15 is 0 Å². The minimum atomic E-state index is 1.25. The summed E-state index contributed by atoms with van der Waals surface area (Å²) < 4.78 is 0. The number of benzene rings is 1. The summed E-state index contributed by atoms with van der Waals surface area (Å²) in [6, 6.07) is 9.38. The molecule has 0 aliphatic heterocycles. The summed E-state index contributed by atoms with van der Waals surface area (Å²) in [4.78, 5) is 0. The zero-order chi connectivity index (χ0) is 17.3. The van der Waals surface area contributed by atoms with Gasteiger partial charge in [0.05, 0.1) is 0 Å². The number of aryl methyl sites for hydroxylation is 2. The van der Waals surface area contributed by atoms with Crippen LogP contribution < -0.4 is 0 Å². The van der Waals surface area contributed by atoms with Gasteiger partial charge in [-0.2, -0.15) is 0 Å². The van der Waals surface area contributed by atoms with Crippen LogP contribution >= 0.6 is 0 Å². The number of rotatable bonds is 16. The van der Waals surface area contributed by atoms with E-state index in [1.54, 1.807) is 0 Å². The van der Waals surface area contributed by atoms with Crippen LogP contribution in [0.2, 0.25) is 0 Å². The van der Waals surface area contributed by atoms with Gasteiger partial charge in [-0.05, 0) is 36.8 Å². The lowest BCUT2D eigenvalue weighted by molar-refractivity contribution is 0.544. The molecule has 0 bridgehead atoms. The van der Waals surface area contributed by atoms with Gasteiger partial charge in [0, 0.05) is 0 Å². The van der Waals surface area contributed by atoms with Crippen LogP contribution in [0.1, 0.15) is 115 Å². The summed E-state index contributed by atoms with van der Waals surface area (Å²) in [6.07, 6.45) is 22.4. The first-order valence-electron chi connectivity index (χ1n) is 10.9. The molecule has 0 aliphatic carbocycles. The average Bonchev–Trinajstić information content (AvgIpc) is 2.62. The SMILES string of the molecule is CCCCCCCCCCCCCCc1ccc(CCCC)cc1. The molecule has 0 radical (unpaired) electrons. The maximum absolute atomic E-state index is 2.35.